The van der Waals surface area contributed by atoms with Gasteiger partial charge >= 0.3 is 12.4 Å². The van der Waals surface area contributed by atoms with Crippen LogP contribution in [0.25, 0.3) is 0 Å². The van der Waals surface area contributed by atoms with Gasteiger partial charge in [0.25, 0.3) is 0 Å². The molecule has 0 saturated heterocycles. The number of nitrogen functional groups attached to an aromatic ring is 1. The van der Waals surface area contributed by atoms with Crippen molar-refractivity contribution in [3.8, 4) is 0 Å². The molecule has 0 radical (unpaired) electrons. The number of halogens is 6. The molecule has 1 aromatic carbocycles. The summed E-state index contributed by atoms with van der Waals surface area (Å²) in [5, 5.41) is 0. The van der Waals surface area contributed by atoms with Gasteiger partial charge in [-0.2, -0.15) is 26.3 Å². The van der Waals surface area contributed by atoms with Crippen LogP contribution >= 0.6 is 0 Å². The van der Waals surface area contributed by atoms with Gasteiger partial charge in [0.05, 0.1) is 16.8 Å². The summed E-state index contributed by atoms with van der Waals surface area (Å²) in [7, 11) is 2.21. The van der Waals surface area contributed by atoms with Gasteiger partial charge in [-0.25, -0.2) is 0 Å². The number of nitrogens with zero attached hydrogens (tertiary/aromatic N) is 1. The summed E-state index contributed by atoms with van der Waals surface area (Å²) in [4.78, 5) is 0.769. The summed E-state index contributed by atoms with van der Waals surface area (Å²) in [5.41, 5.74) is 0.774. The van der Waals surface area contributed by atoms with Crippen LogP contribution in [0, 0.1) is 0 Å². The quantitative estimate of drug-likeness (QED) is 0.627. The van der Waals surface area contributed by atoms with Gasteiger partial charge < -0.3 is 10.6 Å². The third-order valence-electron chi connectivity index (χ3n) is 2.19. The van der Waals surface area contributed by atoms with Crippen LogP contribution in [0.4, 0.5) is 37.7 Å². The molecule has 102 valence electrons. The van der Waals surface area contributed by atoms with Crippen LogP contribution in [0.3, 0.4) is 0 Å². The molecule has 0 fully saturated rings. The van der Waals surface area contributed by atoms with E-state index < -0.39 is 34.9 Å². The number of anilines is 2. The molecule has 1 aromatic rings. The lowest BCUT2D eigenvalue weighted by Crippen LogP contribution is -2.22. The first-order chi connectivity index (χ1) is 7.94. The zero-order chi connectivity index (χ0) is 14.3. The van der Waals surface area contributed by atoms with Crippen molar-refractivity contribution < 1.29 is 26.3 Å². The van der Waals surface area contributed by atoms with Crippen molar-refractivity contribution in [3.63, 3.8) is 0 Å². The van der Waals surface area contributed by atoms with E-state index in [4.69, 9.17) is 5.73 Å². The van der Waals surface area contributed by atoms with E-state index in [0.717, 1.165) is 19.0 Å². The number of hydrogen-bond acceptors (Lipinski definition) is 2. The van der Waals surface area contributed by atoms with E-state index >= 15 is 0 Å². The minimum absolute atomic E-state index is 0.491. The number of hydrogen-bond donors (Lipinski definition) is 1. The molecule has 0 aromatic heterocycles. The second-order valence-corrected chi connectivity index (χ2v) is 3.85. The van der Waals surface area contributed by atoms with Gasteiger partial charge in [0, 0.05) is 19.8 Å². The Morgan fingerprint density at radius 1 is 0.889 bits per heavy atom. The van der Waals surface area contributed by atoms with Crippen LogP contribution in [0.15, 0.2) is 12.1 Å². The first-order valence-corrected chi connectivity index (χ1v) is 4.70. The van der Waals surface area contributed by atoms with Gasteiger partial charge in [0.2, 0.25) is 0 Å². The predicted molar refractivity (Wildman–Crippen MR) is 55.2 cm³/mol. The van der Waals surface area contributed by atoms with E-state index in [-0.39, 0.29) is 0 Å². The maximum absolute atomic E-state index is 12.7. The van der Waals surface area contributed by atoms with E-state index in [1.807, 2.05) is 0 Å². The Kier molecular flexibility index (Phi) is 3.42. The summed E-state index contributed by atoms with van der Waals surface area (Å²) >= 11 is 0. The molecule has 0 atom stereocenters. The molecule has 0 unspecified atom stereocenters. The highest BCUT2D eigenvalue weighted by Crippen LogP contribution is 2.45. The zero-order valence-corrected chi connectivity index (χ0v) is 9.45. The first kappa shape index (κ1) is 14.5. The second kappa shape index (κ2) is 4.25. The number of rotatable bonds is 1. The zero-order valence-electron chi connectivity index (χ0n) is 9.45. The molecule has 0 bridgehead atoms. The molecular weight excluding hydrogens is 262 g/mol. The average Bonchev–Trinajstić information content (AvgIpc) is 2.12. The van der Waals surface area contributed by atoms with Crippen molar-refractivity contribution in [1.82, 2.24) is 0 Å². The van der Waals surface area contributed by atoms with Crippen molar-refractivity contribution in [2.45, 2.75) is 12.4 Å². The van der Waals surface area contributed by atoms with Gasteiger partial charge in [-0.05, 0) is 12.1 Å². The highest BCUT2D eigenvalue weighted by molar-refractivity contribution is 5.66. The Bertz CT molecular complexity index is 412. The lowest BCUT2D eigenvalue weighted by molar-refractivity contribution is -0.142. The molecule has 0 aliphatic carbocycles. The third-order valence-corrected chi connectivity index (χ3v) is 2.19. The summed E-state index contributed by atoms with van der Waals surface area (Å²) in [6, 6.07) is 0.981. The van der Waals surface area contributed by atoms with Crippen molar-refractivity contribution in [1.29, 1.82) is 0 Å². The summed E-state index contributed by atoms with van der Waals surface area (Å²) in [6.07, 6.45) is -9.82. The standard InChI is InChI=1S/C10H10F6N2/c1-18(2)8-6(9(11,12)13)3-5(17)4-7(8)10(14,15)16/h3-4H,17H2,1-2H3. The van der Waals surface area contributed by atoms with Gasteiger partial charge in [0.1, 0.15) is 0 Å². The molecule has 0 saturated carbocycles. The maximum atomic E-state index is 12.7. The molecule has 0 spiro atoms. The van der Waals surface area contributed by atoms with Gasteiger partial charge in [0.15, 0.2) is 0 Å². The second-order valence-electron chi connectivity index (χ2n) is 3.85. The topological polar surface area (TPSA) is 29.3 Å². The minimum Gasteiger partial charge on any atom is -0.399 e. The molecule has 8 heteroatoms. The Labute approximate surface area is 99.0 Å². The molecule has 0 aliphatic heterocycles. The van der Waals surface area contributed by atoms with Crippen molar-refractivity contribution in [2.75, 3.05) is 24.7 Å². The first-order valence-electron chi connectivity index (χ1n) is 4.70. The maximum Gasteiger partial charge on any atom is 0.418 e. The van der Waals surface area contributed by atoms with Gasteiger partial charge in [-0.15, -0.1) is 0 Å². The fourth-order valence-corrected chi connectivity index (χ4v) is 1.57. The van der Waals surface area contributed by atoms with Crippen molar-refractivity contribution >= 4 is 11.4 Å². The van der Waals surface area contributed by atoms with Crippen LogP contribution in [-0.2, 0) is 12.4 Å². The van der Waals surface area contributed by atoms with Crippen LogP contribution in [0.2, 0.25) is 0 Å². The Hall–Kier alpha value is -1.60. The monoisotopic (exact) mass is 272 g/mol. The Morgan fingerprint density at radius 2 is 1.22 bits per heavy atom. The van der Waals surface area contributed by atoms with Crippen molar-refractivity contribution in [2.24, 2.45) is 0 Å². The molecule has 2 N–H and O–H groups in total. The fraction of sp³-hybridized carbons (Fsp3) is 0.400. The average molecular weight is 272 g/mol. The van der Waals surface area contributed by atoms with E-state index in [1.54, 1.807) is 0 Å². The molecule has 2 nitrogen and oxygen atoms in total. The smallest absolute Gasteiger partial charge is 0.399 e. The summed E-state index contributed by atoms with van der Waals surface area (Å²) < 4.78 is 76.2. The van der Waals surface area contributed by atoms with Crippen LogP contribution in [0.5, 0.6) is 0 Å². The van der Waals surface area contributed by atoms with E-state index in [2.05, 4.69) is 0 Å². The number of alkyl halides is 6. The third kappa shape index (κ3) is 2.80. The summed E-state index contributed by atoms with van der Waals surface area (Å²) in [6.45, 7) is 0. The SMILES string of the molecule is CN(C)c1c(C(F)(F)F)cc(N)cc1C(F)(F)F. The lowest BCUT2D eigenvalue weighted by atomic mass is 10.0. The molecule has 18 heavy (non-hydrogen) atoms. The highest BCUT2D eigenvalue weighted by Gasteiger charge is 2.42. The van der Waals surface area contributed by atoms with E-state index in [0.29, 0.717) is 12.1 Å². The predicted octanol–water partition coefficient (Wildman–Crippen LogP) is 3.37. The fourth-order valence-electron chi connectivity index (χ4n) is 1.57. The largest absolute Gasteiger partial charge is 0.418 e. The highest BCUT2D eigenvalue weighted by atomic mass is 19.4. The number of nitrogens with two attached hydrogens (primary N) is 1. The molecule has 1 rings (SSSR count). The van der Waals surface area contributed by atoms with Crippen LogP contribution in [0.1, 0.15) is 11.1 Å². The number of benzene rings is 1. The lowest BCUT2D eigenvalue weighted by Gasteiger charge is -2.24. The Balaban J connectivity index is 3.68. The molecule has 0 amide bonds. The molecule has 0 heterocycles. The van der Waals surface area contributed by atoms with Crippen molar-refractivity contribution in [3.05, 3.63) is 23.3 Å². The minimum atomic E-state index is -4.91. The van der Waals surface area contributed by atoms with Crippen LogP contribution < -0.4 is 10.6 Å². The Morgan fingerprint density at radius 3 is 1.44 bits per heavy atom. The van der Waals surface area contributed by atoms with Gasteiger partial charge in [-0.3, -0.25) is 0 Å². The normalized spacial score (nSPS) is 12.7. The van der Waals surface area contributed by atoms with E-state index in [9.17, 15) is 26.3 Å². The van der Waals surface area contributed by atoms with Gasteiger partial charge in [-0.1, -0.05) is 0 Å². The summed E-state index contributed by atoms with van der Waals surface area (Å²) in [5.74, 6) is 0. The molecule has 0 aliphatic rings. The van der Waals surface area contributed by atoms with E-state index in [1.165, 1.54) is 0 Å². The molecular formula is C10H10F6N2. The van der Waals surface area contributed by atoms with Crippen LogP contribution in [-0.4, -0.2) is 14.1 Å².